The highest BCUT2D eigenvalue weighted by atomic mass is 32.2. The molecule has 0 aromatic carbocycles. The maximum absolute atomic E-state index is 12.1. The Morgan fingerprint density at radius 3 is 2.95 bits per heavy atom. The van der Waals surface area contributed by atoms with Gasteiger partial charge >= 0.3 is 0 Å². The van der Waals surface area contributed by atoms with Crippen molar-refractivity contribution in [3.05, 3.63) is 21.3 Å². The Kier molecular flexibility index (Phi) is 4.80. The van der Waals surface area contributed by atoms with Crippen molar-refractivity contribution >= 4 is 39.2 Å². The quantitative estimate of drug-likeness (QED) is 0.644. The number of piperazine rings is 1. The number of nitrogens with one attached hydrogen (secondary N) is 2. The van der Waals surface area contributed by atoms with Crippen LogP contribution in [0.1, 0.15) is 11.8 Å². The number of thioether (sulfide) groups is 1. The molecule has 22 heavy (non-hydrogen) atoms. The molecule has 0 bridgehead atoms. The number of amides is 1. The molecule has 1 fully saturated rings. The van der Waals surface area contributed by atoms with E-state index in [2.05, 4.69) is 22.2 Å². The molecule has 0 spiro atoms. The number of hydrogen-bond acceptors (Lipinski definition) is 6. The van der Waals surface area contributed by atoms with Crippen molar-refractivity contribution in [2.75, 3.05) is 31.9 Å². The lowest BCUT2D eigenvalue weighted by Crippen LogP contribution is -2.47. The molecule has 0 atom stereocenters. The number of nitrogens with zero attached hydrogens (tertiary/aromatic N) is 2. The van der Waals surface area contributed by atoms with E-state index in [1.54, 1.807) is 0 Å². The number of carbonyl (C=O) groups excluding carboxylic acids is 1. The number of fused-ring (bicyclic) bond motifs is 1. The molecule has 0 saturated carbocycles. The Balaban J connectivity index is 1.71. The molecule has 3 rings (SSSR count). The van der Waals surface area contributed by atoms with Gasteiger partial charge in [0.2, 0.25) is 5.91 Å². The fourth-order valence-corrected chi connectivity index (χ4v) is 4.13. The van der Waals surface area contributed by atoms with Crippen LogP contribution in [-0.4, -0.2) is 52.7 Å². The summed E-state index contributed by atoms with van der Waals surface area (Å²) in [5.74, 6) is 0.398. The molecule has 0 aliphatic carbocycles. The number of aryl methyl sites for hydroxylation is 1. The van der Waals surface area contributed by atoms with Crippen LogP contribution in [0.15, 0.2) is 16.0 Å². The van der Waals surface area contributed by atoms with Crippen molar-refractivity contribution in [3.63, 3.8) is 0 Å². The zero-order valence-corrected chi connectivity index (χ0v) is 14.0. The van der Waals surface area contributed by atoms with Crippen molar-refractivity contribution in [1.29, 1.82) is 0 Å². The van der Waals surface area contributed by atoms with Crippen molar-refractivity contribution < 1.29 is 4.79 Å². The normalized spacial score (nSPS) is 15.4. The Morgan fingerprint density at radius 2 is 2.23 bits per heavy atom. The van der Waals surface area contributed by atoms with E-state index < -0.39 is 0 Å². The Labute approximate surface area is 136 Å². The highest BCUT2D eigenvalue weighted by Crippen LogP contribution is 2.23. The van der Waals surface area contributed by atoms with Gasteiger partial charge in [0.15, 0.2) is 5.16 Å². The Bertz CT molecular complexity index is 734. The third-order valence-corrected chi connectivity index (χ3v) is 5.61. The predicted octanol–water partition coefficient (Wildman–Crippen LogP) is 1.07. The van der Waals surface area contributed by atoms with Gasteiger partial charge in [-0.15, -0.1) is 11.3 Å². The van der Waals surface area contributed by atoms with E-state index in [0.29, 0.717) is 16.3 Å². The first-order chi connectivity index (χ1) is 10.7. The monoisotopic (exact) mass is 338 g/mol. The minimum atomic E-state index is -0.127. The summed E-state index contributed by atoms with van der Waals surface area (Å²) in [5, 5.41) is 4.38. The summed E-state index contributed by atoms with van der Waals surface area (Å²) in [6.07, 6.45) is 0.893. The summed E-state index contributed by atoms with van der Waals surface area (Å²) in [5.41, 5.74) is -0.127. The molecule has 118 valence electrons. The van der Waals surface area contributed by atoms with Crippen LogP contribution in [0, 0.1) is 0 Å². The average molecular weight is 338 g/mol. The topological polar surface area (TPSA) is 78.1 Å². The van der Waals surface area contributed by atoms with Crippen LogP contribution in [-0.2, 0) is 11.2 Å². The number of rotatable bonds is 4. The van der Waals surface area contributed by atoms with Gasteiger partial charge in [0.1, 0.15) is 4.83 Å². The largest absolute Gasteiger partial charge is 0.339 e. The van der Waals surface area contributed by atoms with E-state index >= 15 is 0 Å². The lowest BCUT2D eigenvalue weighted by Gasteiger charge is -2.27. The molecule has 1 aliphatic rings. The third-order valence-electron chi connectivity index (χ3n) is 3.58. The highest BCUT2D eigenvalue weighted by molar-refractivity contribution is 7.99. The van der Waals surface area contributed by atoms with E-state index in [1.807, 2.05) is 11.0 Å². The van der Waals surface area contributed by atoms with Crippen LogP contribution in [0.4, 0.5) is 0 Å². The number of carbonyl (C=O) groups is 1. The second-order valence-corrected chi connectivity index (χ2v) is 7.15. The smallest absolute Gasteiger partial charge is 0.260 e. The number of H-pyrrole nitrogens is 1. The van der Waals surface area contributed by atoms with Crippen LogP contribution in [0.5, 0.6) is 0 Å². The standard InChI is InChI=1S/C14H18N4O2S2/c1-2-9-7-10-12(20)16-14(17-13(10)22-9)21-8-11(19)18-5-3-15-4-6-18/h7,15H,2-6,8H2,1H3,(H,16,17,20). The number of aromatic amines is 1. The summed E-state index contributed by atoms with van der Waals surface area (Å²) in [4.78, 5) is 35.2. The van der Waals surface area contributed by atoms with E-state index in [4.69, 9.17) is 0 Å². The molecule has 0 radical (unpaired) electrons. The van der Waals surface area contributed by atoms with Gasteiger partial charge in [-0.3, -0.25) is 9.59 Å². The van der Waals surface area contributed by atoms with Crippen LogP contribution < -0.4 is 10.9 Å². The summed E-state index contributed by atoms with van der Waals surface area (Å²) < 4.78 is 0. The van der Waals surface area contributed by atoms with Crippen molar-refractivity contribution in [1.82, 2.24) is 20.2 Å². The molecular formula is C14H18N4O2S2. The van der Waals surface area contributed by atoms with Gasteiger partial charge in [0.25, 0.3) is 5.56 Å². The molecule has 2 N–H and O–H groups in total. The average Bonchev–Trinajstić information content (AvgIpc) is 2.97. The SMILES string of the molecule is CCc1cc2c(=O)[nH]c(SCC(=O)N3CCNCC3)nc2s1. The summed E-state index contributed by atoms with van der Waals surface area (Å²) in [6.45, 7) is 5.22. The number of hydrogen-bond donors (Lipinski definition) is 2. The first kappa shape index (κ1) is 15.5. The molecule has 8 heteroatoms. The fraction of sp³-hybridized carbons (Fsp3) is 0.500. The zero-order chi connectivity index (χ0) is 15.5. The first-order valence-corrected chi connectivity index (χ1v) is 9.11. The molecule has 1 aliphatic heterocycles. The van der Waals surface area contributed by atoms with Gasteiger partial charge in [0.05, 0.1) is 11.1 Å². The zero-order valence-electron chi connectivity index (χ0n) is 12.3. The van der Waals surface area contributed by atoms with E-state index in [-0.39, 0.29) is 11.5 Å². The van der Waals surface area contributed by atoms with E-state index in [1.165, 1.54) is 23.1 Å². The van der Waals surface area contributed by atoms with Crippen molar-refractivity contribution in [2.24, 2.45) is 0 Å². The van der Waals surface area contributed by atoms with Gasteiger partial charge in [-0.2, -0.15) is 0 Å². The number of aromatic nitrogens is 2. The molecule has 3 heterocycles. The lowest BCUT2D eigenvalue weighted by atomic mass is 10.3. The third kappa shape index (κ3) is 3.34. The molecule has 0 unspecified atom stereocenters. The van der Waals surface area contributed by atoms with Crippen molar-refractivity contribution in [3.8, 4) is 0 Å². The highest BCUT2D eigenvalue weighted by Gasteiger charge is 2.17. The maximum atomic E-state index is 12.1. The second kappa shape index (κ2) is 6.80. The molecule has 6 nitrogen and oxygen atoms in total. The molecule has 2 aromatic rings. The number of thiophene rings is 1. The van der Waals surface area contributed by atoms with Gasteiger partial charge in [0, 0.05) is 31.1 Å². The van der Waals surface area contributed by atoms with Crippen LogP contribution >= 0.6 is 23.1 Å². The summed E-state index contributed by atoms with van der Waals surface area (Å²) in [6, 6.07) is 1.90. The predicted molar refractivity (Wildman–Crippen MR) is 89.8 cm³/mol. The molecular weight excluding hydrogens is 320 g/mol. The summed E-state index contributed by atoms with van der Waals surface area (Å²) >= 11 is 2.84. The molecule has 2 aromatic heterocycles. The molecule has 1 amide bonds. The van der Waals surface area contributed by atoms with E-state index in [0.717, 1.165) is 42.3 Å². The minimum Gasteiger partial charge on any atom is -0.339 e. The second-order valence-electron chi connectivity index (χ2n) is 5.08. The van der Waals surface area contributed by atoms with Gasteiger partial charge < -0.3 is 15.2 Å². The van der Waals surface area contributed by atoms with Gasteiger partial charge in [-0.1, -0.05) is 18.7 Å². The fourth-order valence-electron chi connectivity index (χ4n) is 2.34. The minimum absolute atomic E-state index is 0.0923. The van der Waals surface area contributed by atoms with E-state index in [9.17, 15) is 9.59 Å². The maximum Gasteiger partial charge on any atom is 0.260 e. The van der Waals surface area contributed by atoms with Crippen LogP contribution in [0.3, 0.4) is 0 Å². The van der Waals surface area contributed by atoms with Crippen LogP contribution in [0.2, 0.25) is 0 Å². The molecule has 1 saturated heterocycles. The van der Waals surface area contributed by atoms with Crippen LogP contribution in [0.25, 0.3) is 10.2 Å². The summed E-state index contributed by atoms with van der Waals surface area (Å²) in [7, 11) is 0. The lowest BCUT2D eigenvalue weighted by molar-refractivity contribution is -0.128. The Hall–Kier alpha value is -1.38. The first-order valence-electron chi connectivity index (χ1n) is 7.31. The van der Waals surface area contributed by atoms with Gasteiger partial charge in [-0.25, -0.2) is 4.98 Å². The van der Waals surface area contributed by atoms with Gasteiger partial charge in [-0.05, 0) is 12.5 Å². The Morgan fingerprint density at radius 1 is 1.45 bits per heavy atom. The van der Waals surface area contributed by atoms with Crippen molar-refractivity contribution in [2.45, 2.75) is 18.5 Å².